The number of carboxylic acid groups (broad SMARTS) is 1. The Bertz CT molecular complexity index is 89.5. The van der Waals surface area contributed by atoms with Crippen LogP contribution in [0.4, 0.5) is 0 Å². The van der Waals surface area contributed by atoms with Crippen molar-refractivity contribution in [2.75, 3.05) is 0 Å². The summed E-state index contributed by atoms with van der Waals surface area (Å²) in [6.45, 7) is 0. The van der Waals surface area contributed by atoms with Crippen LogP contribution in [0.3, 0.4) is 0 Å². The van der Waals surface area contributed by atoms with Crippen molar-refractivity contribution in [2.24, 2.45) is 0 Å². The van der Waals surface area contributed by atoms with Crippen molar-refractivity contribution in [2.45, 2.75) is 3.79 Å². The third-order valence-corrected chi connectivity index (χ3v) is 0.728. The standard InChI is InChI=1S/C2HCl3O2.Ce.H2O/c3-2(4,5)1(6)7;;/h(H,6,7);;1H2. The molecule has 0 aliphatic rings. The van der Waals surface area contributed by atoms with Crippen molar-refractivity contribution < 1.29 is 57.1 Å². The summed E-state index contributed by atoms with van der Waals surface area (Å²) in [4.78, 5) is 9.62. The van der Waals surface area contributed by atoms with Gasteiger partial charge >= 0.3 is 5.97 Å². The second-order valence-corrected chi connectivity index (χ2v) is 3.08. The smallest absolute Gasteiger partial charge is 0.356 e. The van der Waals surface area contributed by atoms with Gasteiger partial charge in [-0.15, -0.1) is 0 Å². The number of carboxylic acids is 1. The first-order valence-corrected chi connectivity index (χ1v) is 2.38. The van der Waals surface area contributed by atoms with Gasteiger partial charge in [0.1, 0.15) is 0 Å². The minimum absolute atomic E-state index is 0. The van der Waals surface area contributed by atoms with Crippen LogP contribution < -0.4 is 0 Å². The summed E-state index contributed by atoms with van der Waals surface area (Å²) in [5.74, 6) is -1.46. The molecular formula is C2H3CeCl3O3. The summed E-state index contributed by atoms with van der Waals surface area (Å²) in [7, 11) is 0. The van der Waals surface area contributed by atoms with Crippen LogP contribution in [-0.2, 0) is 4.79 Å². The maximum atomic E-state index is 9.62. The fourth-order valence-electron chi connectivity index (χ4n) is 0. The zero-order valence-corrected chi connectivity index (χ0v) is 9.40. The maximum absolute atomic E-state index is 9.62. The fourth-order valence-corrected chi connectivity index (χ4v) is 0. The Kier molecular flexibility index (Phi) is 12.0. The molecule has 0 aromatic carbocycles. The molecule has 7 heteroatoms. The first kappa shape index (κ1) is 17.0. The first-order chi connectivity index (χ1) is 2.94. The molecule has 9 heavy (non-hydrogen) atoms. The minimum Gasteiger partial charge on any atom is -0.478 e. The number of carbonyl (C=O) groups is 1. The maximum Gasteiger partial charge on any atom is 0.356 e. The average molecular weight is 322 g/mol. The van der Waals surface area contributed by atoms with E-state index in [1.807, 2.05) is 0 Å². The molecule has 0 fully saturated rings. The van der Waals surface area contributed by atoms with Crippen LogP contribution in [0.5, 0.6) is 0 Å². The molecule has 0 aliphatic heterocycles. The van der Waals surface area contributed by atoms with Gasteiger partial charge in [-0.05, 0) is 0 Å². The van der Waals surface area contributed by atoms with Crippen molar-refractivity contribution in [3.8, 4) is 0 Å². The van der Waals surface area contributed by atoms with Gasteiger partial charge in [0.25, 0.3) is 3.79 Å². The van der Waals surface area contributed by atoms with E-state index in [-0.39, 0.29) is 47.2 Å². The van der Waals surface area contributed by atoms with E-state index in [0.717, 1.165) is 0 Å². The van der Waals surface area contributed by atoms with Crippen LogP contribution in [0.2, 0.25) is 0 Å². The Balaban J connectivity index is -0.000000180. The summed E-state index contributed by atoms with van der Waals surface area (Å²) >= 11 is 14.4. The molecule has 0 spiro atoms. The molecule has 0 saturated carbocycles. The molecule has 0 aliphatic carbocycles. The van der Waals surface area contributed by atoms with E-state index >= 15 is 0 Å². The molecular weight excluding hydrogens is 318 g/mol. The summed E-state index contributed by atoms with van der Waals surface area (Å²) in [5.41, 5.74) is 0. The van der Waals surface area contributed by atoms with E-state index in [0.29, 0.717) is 0 Å². The van der Waals surface area contributed by atoms with Crippen molar-refractivity contribution in [3.05, 3.63) is 0 Å². The topological polar surface area (TPSA) is 68.8 Å². The average Bonchev–Trinajstić information content (AvgIpc) is 1.31. The summed E-state index contributed by atoms with van der Waals surface area (Å²) in [6, 6.07) is 0. The van der Waals surface area contributed by atoms with Crippen LogP contribution in [-0.4, -0.2) is 20.3 Å². The Labute approximate surface area is 100 Å². The van der Waals surface area contributed by atoms with E-state index in [1.54, 1.807) is 0 Å². The second-order valence-electron chi connectivity index (χ2n) is 0.803. The number of aliphatic carboxylic acids is 1. The van der Waals surface area contributed by atoms with Crippen LogP contribution >= 0.6 is 34.8 Å². The largest absolute Gasteiger partial charge is 0.478 e. The van der Waals surface area contributed by atoms with Gasteiger partial charge in [-0.1, -0.05) is 34.8 Å². The summed E-state index contributed by atoms with van der Waals surface area (Å²) in [6.07, 6.45) is 0. The minimum atomic E-state index is -2.17. The summed E-state index contributed by atoms with van der Waals surface area (Å²) < 4.78 is -2.17. The Morgan fingerprint density at radius 1 is 1.33 bits per heavy atom. The molecule has 3 N–H and O–H groups in total. The number of alkyl halides is 3. The van der Waals surface area contributed by atoms with E-state index in [1.165, 1.54) is 0 Å². The van der Waals surface area contributed by atoms with Gasteiger partial charge in [0.2, 0.25) is 0 Å². The van der Waals surface area contributed by atoms with Crippen molar-refractivity contribution in [3.63, 3.8) is 0 Å². The van der Waals surface area contributed by atoms with Crippen molar-refractivity contribution in [1.29, 1.82) is 0 Å². The van der Waals surface area contributed by atoms with Crippen LogP contribution in [0.1, 0.15) is 0 Å². The Morgan fingerprint density at radius 3 is 1.44 bits per heavy atom. The monoisotopic (exact) mass is 320 g/mol. The van der Waals surface area contributed by atoms with Gasteiger partial charge in [-0.2, -0.15) is 0 Å². The third kappa shape index (κ3) is 9.68. The Morgan fingerprint density at radius 2 is 1.44 bits per heavy atom. The van der Waals surface area contributed by atoms with E-state index in [4.69, 9.17) is 39.9 Å². The van der Waals surface area contributed by atoms with Gasteiger partial charge in [0, 0.05) is 41.7 Å². The first-order valence-electron chi connectivity index (χ1n) is 1.24. The van der Waals surface area contributed by atoms with Gasteiger partial charge in [0.05, 0.1) is 0 Å². The molecule has 0 aromatic rings. The quantitative estimate of drug-likeness (QED) is 0.665. The SMILES string of the molecule is O.O=C(O)C(Cl)(Cl)Cl.[Ce]. The van der Waals surface area contributed by atoms with Gasteiger partial charge in [0.15, 0.2) is 0 Å². The van der Waals surface area contributed by atoms with Crippen molar-refractivity contribution >= 4 is 40.8 Å². The number of halogens is 3. The number of hydrogen-bond acceptors (Lipinski definition) is 1. The Hall–Kier alpha value is 1.68. The van der Waals surface area contributed by atoms with Crippen LogP contribution in [0.25, 0.3) is 0 Å². The normalized spacial score (nSPS) is 8.78. The van der Waals surface area contributed by atoms with Gasteiger partial charge in [-0.25, -0.2) is 4.79 Å². The molecule has 0 amide bonds. The molecule has 0 rings (SSSR count). The van der Waals surface area contributed by atoms with Crippen LogP contribution in [0.15, 0.2) is 0 Å². The molecule has 0 bridgehead atoms. The number of hydrogen-bond donors (Lipinski definition) is 1. The molecule has 3 nitrogen and oxygen atoms in total. The molecule has 0 unspecified atom stereocenters. The molecule has 0 heterocycles. The third-order valence-electron chi connectivity index (χ3n) is 0.243. The van der Waals surface area contributed by atoms with Gasteiger partial charge < -0.3 is 10.6 Å². The van der Waals surface area contributed by atoms with E-state index in [2.05, 4.69) is 0 Å². The van der Waals surface area contributed by atoms with E-state index in [9.17, 15) is 4.79 Å². The van der Waals surface area contributed by atoms with Crippen LogP contribution in [0, 0.1) is 41.7 Å². The molecule has 0 radical (unpaired) electrons. The van der Waals surface area contributed by atoms with Gasteiger partial charge in [-0.3, -0.25) is 0 Å². The molecule has 0 atom stereocenters. The zero-order valence-electron chi connectivity index (χ0n) is 3.99. The predicted octanol–water partition coefficient (Wildman–Crippen LogP) is 0.616. The predicted molar refractivity (Wildman–Crippen MR) is 31.5 cm³/mol. The molecule has 0 aromatic heterocycles. The molecule has 0 saturated heterocycles. The zero-order chi connectivity index (χ0) is 6.08. The van der Waals surface area contributed by atoms with Crippen molar-refractivity contribution in [1.82, 2.24) is 0 Å². The van der Waals surface area contributed by atoms with E-state index < -0.39 is 9.76 Å². The fraction of sp³-hybridized carbons (Fsp3) is 0.500. The summed E-state index contributed by atoms with van der Waals surface area (Å²) in [5, 5.41) is 7.85. The number of rotatable bonds is 0. The molecule has 54 valence electrons. The second kappa shape index (κ2) is 6.39.